The molecule has 0 unspecified atom stereocenters. The molecule has 4 heteroatoms. The summed E-state index contributed by atoms with van der Waals surface area (Å²) < 4.78 is 4.69. The molecule has 252 valence electrons. The molecule has 0 atom stereocenters. The Kier molecular flexibility index (Phi) is 6.82. The van der Waals surface area contributed by atoms with Crippen LogP contribution < -0.4 is 0 Å². The first-order chi connectivity index (χ1) is 26.8. The third kappa shape index (κ3) is 4.70. The molecule has 3 heterocycles. The summed E-state index contributed by atoms with van der Waals surface area (Å²) in [6.07, 6.45) is 2.18. The summed E-state index contributed by atoms with van der Waals surface area (Å²) in [5, 5.41) is 7.06. The number of rotatable bonds is 5. The van der Waals surface area contributed by atoms with Crippen LogP contribution >= 0.6 is 0 Å². The van der Waals surface area contributed by atoms with Crippen molar-refractivity contribution in [2.75, 3.05) is 0 Å². The summed E-state index contributed by atoms with van der Waals surface area (Å²) in [5.41, 5.74) is 12.0. The van der Waals surface area contributed by atoms with Gasteiger partial charge in [-0.15, -0.1) is 0 Å². The maximum Gasteiger partial charge on any atom is 0.160 e. The fourth-order valence-corrected chi connectivity index (χ4v) is 8.33. The number of aromatic nitrogens is 4. The first-order valence-electron chi connectivity index (χ1n) is 18.3. The number of fused-ring (bicyclic) bond motifs is 7. The Bertz CT molecular complexity index is 3210. The van der Waals surface area contributed by atoms with Crippen LogP contribution in [0.1, 0.15) is 0 Å². The van der Waals surface area contributed by atoms with Crippen LogP contribution in [0.25, 0.3) is 99.5 Å². The van der Waals surface area contributed by atoms with Crippen LogP contribution in [0, 0.1) is 0 Å². The van der Waals surface area contributed by atoms with Gasteiger partial charge in [0.15, 0.2) is 5.82 Å². The molecule has 0 saturated heterocycles. The molecule has 0 saturated carbocycles. The van der Waals surface area contributed by atoms with Crippen molar-refractivity contribution in [1.82, 2.24) is 19.1 Å². The smallest absolute Gasteiger partial charge is 0.160 e. The van der Waals surface area contributed by atoms with E-state index < -0.39 is 0 Å². The second-order valence-corrected chi connectivity index (χ2v) is 13.8. The average molecular weight is 689 g/mol. The highest BCUT2D eigenvalue weighted by atomic mass is 15.0. The van der Waals surface area contributed by atoms with E-state index in [1.165, 1.54) is 43.6 Å². The van der Waals surface area contributed by atoms with E-state index in [1.807, 2.05) is 0 Å². The summed E-state index contributed by atoms with van der Waals surface area (Å²) >= 11 is 0. The number of para-hydroxylation sites is 3. The molecule has 0 aliphatic rings. The topological polar surface area (TPSA) is 35.6 Å². The van der Waals surface area contributed by atoms with Crippen molar-refractivity contribution in [1.29, 1.82) is 0 Å². The third-order valence-electron chi connectivity index (χ3n) is 10.8. The van der Waals surface area contributed by atoms with Gasteiger partial charge in [-0.25, -0.2) is 9.97 Å². The highest BCUT2D eigenvalue weighted by Gasteiger charge is 2.19. The van der Waals surface area contributed by atoms with E-state index in [-0.39, 0.29) is 0 Å². The SMILES string of the molecule is c1ccc(-c2ccc(-c3nc(-c4cccc(-n5c6ccccc6c6c7c(ccc65)ccn7-c5ccccc5)c4)nc4ccccc34)c3ccccc23)cc1. The minimum atomic E-state index is 0.697. The zero-order valence-corrected chi connectivity index (χ0v) is 29.3. The molecule has 3 aromatic heterocycles. The molecule has 0 N–H and O–H groups in total. The van der Waals surface area contributed by atoms with E-state index in [0.717, 1.165) is 50.1 Å². The van der Waals surface area contributed by atoms with Crippen molar-refractivity contribution >= 4 is 54.4 Å². The molecule has 0 aliphatic carbocycles. The molecule has 0 fully saturated rings. The summed E-state index contributed by atoms with van der Waals surface area (Å²) in [6, 6.07) is 66.8. The quantitative estimate of drug-likeness (QED) is 0.180. The fourth-order valence-electron chi connectivity index (χ4n) is 8.33. The molecule has 0 spiro atoms. The van der Waals surface area contributed by atoms with Crippen molar-refractivity contribution in [3.8, 4) is 45.1 Å². The average Bonchev–Trinajstić information content (AvgIpc) is 3.83. The van der Waals surface area contributed by atoms with E-state index >= 15 is 0 Å². The predicted molar refractivity (Wildman–Crippen MR) is 225 cm³/mol. The van der Waals surface area contributed by atoms with E-state index in [4.69, 9.17) is 9.97 Å². The van der Waals surface area contributed by atoms with Gasteiger partial charge in [0.25, 0.3) is 0 Å². The van der Waals surface area contributed by atoms with Gasteiger partial charge in [-0.3, -0.25) is 0 Å². The highest BCUT2D eigenvalue weighted by molar-refractivity contribution is 6.21. The Morgan fingerprint density at radius 2 is 1.06 bits per heavy atom. The lowest BCUT2D eigenvalue weighted by Gasteiger charge is -2.15. The van der Waals surface area contributed by atoms with Crippen LogP contribution in [0.5, 0.6) is 0 Å². The van der Waals surface area contributed by atoms with Gasteiger partial charge in [0.2, 0.25) is 0 Å². The lowest BCUT2D eigenvalue weighted by molar-refractivity contribution is 1.13. The van der Waals surface area contributed by atoms with Crippen LogP contribution in [-0.2, 0) is 0 Å². The number of hydrogen-bond donors (Lipinski definition) is 0. The van der Waals surface area contributed by atoms with E-state index in [2.05, 4.69) is 203 Å². The second kappa shape index (κ2) is 12.1. The van der Waals surface area contributed by atoms with Gasteiger partial charge in [-0.05, 0) is 70.4 Å². The Labute approximate surface area is 311 Å². The van der Waals surface area contributed by atoms with Crippen LogP contribution in [0.15, 0.2) is 194 Å². The Hall–Kier alpha value is -7.30. The zero-order chi connectivity index (χ0) is 35.6. The number of benzene rings is 8. The minimum absolute atomic E-state index is 0.697. The first kappa shape index (κ1) is 30.3. The molecule has 11 rings (SSSR count). The summed E-state index contributed by atoms with van der Waals surface area (Å²) in [4.78, 5) is 10.6. The van der Waals surface area contributed by atoms with E-state index in [0.29, 0.717) is 5.82 Å². The van der Waals surface area contributed by atoms with Crippen molar-refractivity contribution in [2.45, 2.75) is 0 Å². The van der Waals surface area contributed by atoms with Crippen molar-refractivity contribution in [2.24, 2.45) is 0 Å². The lowest BCUT2D eigenvalue weighted by atomic mass is 9.93. The number of nitrogens with zero attached hydrogens (tertiary/aromatic N) is 4. The molecule has 0 aliphatic heterocycles. The van der Waals surface area contributed by atoms with Crippen molar-refractivity contribution in [3.63, 3.8) is 0 Å². The summed E-state index contributed by atoms with van der Waals surface area (Å²) in [7, 11) is 0. The maximum absolute atomic E-state index is 5.40. The molecule has 11 aromatic rings. The molecule has 0 radical (unpaired) electrons. The first-order valence-corrected chi connectivity index (χ1v) is 18.3. The Morgan fingerprint density at radius 1 is 0.407 bits per heavy atom. The molecular formula is C50H32N4. The molecule has 4 nitrogen and oxygen atoms in total. The molecular weight excluding hydrogens is 657 g/mol. The maximum atomic E-state index is 5.40. The van der Waals surface area contributed by atoms with Gasteiger partial charge in [0.05, 0.1) is 27.8 Å². The standard InChI is InChI=1S/C50H32N4/c1-3-14-33(15-4-1)38-27-28-41(40-21-8-7-20-39(38)40)48-42-22-9-11-24-44(42)51-50(52-48)35-16-13-19-37(32-35)54-45-25-12-10-23-43(45)47-46(54)29-26-34-30-31-53(49(34)47)36-17-5-2-6-18-36/h1-32H. The van der Waals surface area contributed by atoms with Crippen molar-refractivity contribution in [3.05, 3.63) is 194 Å². The van der Waals surface area contributed by atoms with Gasteiger partial charge in [-0.2, -0.15) is 0 Å². The summed E-state index contributed by atoms with van der Waals surface area (Å²) in [6.45, 7) is 0. The normalized spacial score (nSPS) is 11.7. The van der Waals surface area contributed by atoms with E-state index in [9.17, 15) is 0 Å². The molecule has 0 amide bonds. The third-order valence-corrected chi connectivity index (χ3v) is 10.8. The van der Waals surface area contributed by atoms with Gasteiger partial charge in [0.1, 0.15) is 0 Å². The lowest BCUT2D eigenvalue weighted by Crippen LogP contribution is -1.98. The summed E-state index contributed by atoms with van der Waals surface area (Å²) in [5.74, 6) is 0.697. The van der Waals surface area contributed by atoms with Crippen LogP contribution in [0.3, 0.4) is 0 Å². The monoisotopic (exact) mass is 688 g/mol. The van der Waals surface area contributed by atoms with Crippen molar-refractivity contribution < 1.29 is 0 Å². The van der Waals surface area contributed by atoms with Crippen LogP contribution in [-0.4, -0.2) is 19.1 Å². The van der Waals surface area contributed by atoms with Gasteiger partial charge in [0, 0.05) is 50.2 Å². The van der Waals surface area contributed by atoms with E-state index in [1.54, 1.807) is 0 Å². The van der Waals surface area contributed by atoms with Gasteiger partial charge in [-0.1, -0.05) is 140 Å². The highest BCUT2D eigenvalue weighted by Crippen LogP contribution is 2.40. The molecule has 0 bridgehead atoms. The predicted octanol–water partition coefficient (Wildman–Crippen LogP) is 12.8. The Morgan fingerprint density at radius 3 is 1.89 bits per heavy atom. The Balaban J connectivity index is 1.12. The molecule has 54 heavy (non-hydrogen) atoms. The number of hydrogen-bond acceptors (Lipinski definition) is 2. The van der Waals surface area contributed by atoms with Crippen LogP contribution in [0.2, 0.25) is 0 Å². The fraction of sp³-hybridized carbons (Fsp3) is 0. The van der Waals surface area contributed by atoms with Gasteiger partial charge >= 0.3 is 0 Å². The van der Waals surface area contributed by atoms with Gasteiger partial charge < -0.3 is 9.13 Å². The van der Waals surface area contributed by atoms with Crippen LogP contribution in [0.4, 0.5) is 0 Å². The molecule has 8 aromatic carbocycles. The second-order valence-electron chi connectivity index (χ2n) is 13.8. The zero-order valence-electron chi connectivity index (χ0n) is 29.3. The largest absolute Gasteiger partial charge is 0.316 e. The minimum Gasteiger partial charge on any atom is -0.316 e.